The van der Waals surface area contributed by atoms with E-state index in [0.717, 1.165) is 24.3 Å². The van der Waals surface area contributed by atoms with Crippen LogP contribution in [0.3, 0.4) is 0 Å². The second-order valence-corrected chi connectivity index (χ2v) is 9.58. The molecule has 0 atom stereocenters. The number of anilines is 1. The molecule has 6 aromatic rings. The average molecular weight is 593 g/mol. The van der Waals surface area contributed by atoms with Gasteiger partial charge in [0.1, 0.15) is 17.0 Å². The average Bonchev–Trinajstić information content (AvgIpc) is 3.45. The Labute approximate surface area is 239 Å². The SMILES string of the molecule is O=C(Nc1ccc(Oc2ccnc3[nH]ccc23)c(F)c1)c1cn(-c2ccc(C(F)(F)F)cc2Cl)c2ccccc2c1=O. The molecule has 3 aromatic heterocycles. The Morgan fingerprint density at radius 3 is 2.55 bits per heavy atom. The van der Waals surface area contributed by atoms with E-state index < -0.39 is 28.9 Å². The fourth-order valence-corrected chi connectivity index (χ4v) is 4.79. The van der Waals surface area contributed by atoms with Crippen molar-refractivity contribution in [3.8, 4) is 17.2 Å². The molecule has 12 heteroatoms. The minimum atomic E-state index is -4.61. The number of hydrogen-bond donors (Lipinski definition) is 2. The van der Waals surface area contributed by atoms with Crippen LogP contribution in [-0.4, -0.2) is 20.4 Å². The van der Waals surface area contributed by atoms with Crippen molar-refractivity contribution in [1.29, 1.82) is 0 Å². The largest absolute Gasteiger partial charge is 0.453 e. The molecule has 2 N–H and O–H groups in total. The first-order valence-corrected chi connectivity index (χ1v) is 12.7. The highest BCUT2D eigenvalue weighted by Gasteiger charge is 2.31. The Morgan fingerprint density at radius 2 is 1.79 bits per heavy atom. The third-order valence-electron chi connectivity index (χ3n) is 6.52. The van der Waals surface area contributed by atoms with E-state index in [1.165, 1.54) is 35.2 Å². The fraction of sp³-hybridized carbons (Fsp3) is 0.0333. The number of amides is 1. The molecule has 42 heavy (non-hydrogen) atoms. The number of rotatable bonds is 5. The van der Waals surface area contributed by atoms with E-state index in [1.807, 2.05) is 0 Å². The number of pyridine rings is 2. The number of ether oxygens (including phenoxy) is 1. The third kappa shape index (κ3) is 4.94. The summed E-state index contributed by atoms with van der Waals surface area (Å²) >= 11 is 6.23. The quantitative estimate of drug-likeness (QED) is 0.201. The first-order valence-electron chi connectivity index (χ1n) is 12.3. The zero-order chi connectivity index (χ0) is 29.6. The number of fused-ring (bicyclic) bond motifs is 2. The zero-order valence-electron chi connectivity index (χ0n) is 21.2. The lowest BCUT2D eigenvalue weighted by Gasteiger charge is -2.16. The van der Waals surface area contributed by atoms with Crippen molar-refractivity contribution in [3.05, 3.63) is 124 Å². The number of alkyl halides is 3. The summed E-state index contributed by atoms with van der Waals surface area (Å²) in [6.45, 7) is 0. The second-order valence-electron chi connectivity index (χ2n) is 9.17. The molecule has 0 saturated carbocycles. The number of halogens is 5. The summed E-state index contributed by atoms with van der Waals surface area (Å²) in [5.41, 5.74) is -0.868. The highest BCUT2D eigenvalue weighted by Crippen LogP contribution is 2.34. The van der Waals surface area contributed by atoms with E-state index in [0.29, 0.717) is 22.3 Å². The molecule has 0 fully saturated rings. The summed E-state index contributed by atoms with van der Waals surface area (Å²) in [7, 11) is 0. The smallest absolute Gasteiger partial charge is 0.416 e. The summed E-state index contributed by atoms with van der Waals surface area (Å²) in [5, 5.41) is 3.03. The molecule has 0 spiro atoms. The van der Waals surface area contributed by atoms with Gasteiger partial charge in [-0.3, -0.25) is 9.59 Å². The van der Waals surface area contributed by atoms with Crippen molar-refractivity contribution in [2.45, 2.75) is 6.18 Å². The molecular formula is C30H17ClF4N4O3. The number of hydrogen-bond acceptors (Lipinski definition) is 4. The molecule has 6 rings (SSSR count). The van der Waals surface area contributed by atoms with Gasteiger partial charge in [0, 0.05) is 35.7 Å². The fourth-order valence-electron chi connectivity index (χ4n) is 4.52. The van der Waals surface area contributed by atoms with E-state index in [-0.39, 0.29) is 33.1 Å². The number of nitrogens with zero attached hydrogens (tertiary/aromatic N) is 2. The number of nitrogens with one attached hydrogen (secondary N) is 2. The Hall–Kier alpha value is -5.16. The molecule has 3 aromatic carbocycles. The Balaban J connectivity index is 1.33. The van der Waals surface area contributed by atoms with Gasteiger partial charge >= 0.3 is 6.18 Å². The number of carbonyl (C=O) groups is 1. The Morgan fingerprint density at radius 1 is 0.976 bits per heavy atom. The molecule has 210 valence electrons. The van der Waals surface area contributed by atoms with Crippen molar-refractivity contribution in [2.24, 2.45) is 0 Å². The van der Waals surface area contributed by atoms with Crippen LogP contribution in [0.1, 0.15) is 15.9 Å². The first kappa shape index (κ1) is 27.0. The third-order valence-corrected chi connectivity index (χ3v) is 6.82. The molecule has 3 heterocycles. The molecule has 0 bridgehead atoms. The highest BCUT2D eigenvalue weighted by molar-refractivity contribution is 6.32. The maximum atomic E-state index is 15.0. The minimum absolute atomic E-state index is 0.0399. The van der Waals surface area contributed by atoms with Crippen LogP contribution in [0.15, 0.2) is 96.2 Å². The predicted molar refractivity (Wildman–Crippen MR) is 150 cm³/mol. The topological polar surface area (TPSA) is 89.0 Å². The standard InChI is InChI=1S/C30H17ClF4N4O3/c31-21-13-16(30(33,34)35)5-7-24(21)39-15-20(27(40)18-3-1-2-4-23(18)39)29(41)38-17-6-8-26(22(32)14-17)42-25-10-12-37-28-19(25)9-11-36-28/h1-15H,(H,36,37)(H,38,41). The van der Waals surface area contributed by atoms with E-state index in [4.69, 9.17) is 16.3 Å². The van der Waals surface area contributed by atoms with Gasteiger partial charge in [-0.05, 0) is 54.6 Å². The normalized spacial score (nSPS) is 11.6. The monoisotopic (exact) mass is 592 g/mol. The van der Waals surface area contributed by atoms with Gasteiger partial charge in [0.25, 0.3) is 5.91 Å². The van der Waals surface area contributed by atoms with Crippen molar-refractivity contribution >= 4 is 45.1 Å². The van der Waals surface area contributed by atoms with Gasteiger partial charge in [-0.1, -0.05) is 23.7 Å². The van der Waals surface area contributed by atoms with Crippen LogP contribution in [0.25, 0.3) is 27.6 Å². The van der Waals surface area contributed by atoms with E-state index in [9.17, 15) is 27.2 Å². The van der Waals surface area contributed by atoms with Crippen LogP contribution >= 0.6 is 11.6 Å². The molecule has 0 aliphatic rings. The van der Waals surface area contributed by atoms with Crippen molar-refractivity contribution < 1.29 is 27.1 Å². The number of carbonyl (C=O) groups excluding carboxylic acids is 1. The van der Waals surface area contributed by atoms with Crippen LogP contribution in [0.4, 0.5) is 23.2 Å². The van der Waals surface area contributed by atoms with Crippen LogP contribution in [0.2, 0.25) is 5.02 Å². The summed E-state index contributed by atoms with van der Waals surface area (Å²) in [5.74, 6) is -1.37. The number of aromatic nitrogens is 3. The van der Waals surface area contributed by atoms with Gasteiger partial charge in [-0.25, -0.2) is 9.37 Å². The molecule has 7 nitrogen and oxygen atoms in total. The van der Waals surface area contributed by atoms with Gasteiger partial charge in [-0.15, -0.1) is 0 Å². The second kappa shape index (κ2) is 10.3. The van der Waals surface area contributed by atoms with Crippen molar-refractivity contribution in [2.75, 3.05) is 5.32 Å². The molecule has 1 amide bonds. The number of para-hydroxylation sites is 1. The minimum Gasteiger partial charge on any atom is -0.453 e. The first-order chi connectivity index (χ1) is 20.1. The van der Waals surface area contributed by atoms with Crippen LogP contribution in [-0.2, 0) is 6.18 Å². The lowest BCUT2D eigenvalue weighted by molar-refractivity contribution is -0.137. The maximum Gasteiger partial charge on any atom is 0.416 e. The Kier molecular flexibility index (Phi) is 6.66. The summed E-state index contributed by atoms with van der Waals surface area (Å²) in [4.78, 5) is 33.6. The van der Waals surface area contributed by atoms with Gasteiger partial charge < -0.3 is 19.6 Å². The summed E-state index contributed by atoms with van der Waals surface area (Å²) < 4.78 is 61.7. The van der Waals surface area contributed by atoms with Gasteiger partial charge in [0.15, 0.2) is 11.6 Å². The van der Waals surface area contributed by atoms with Crippen molar-refractivity contribution in [3.63, 3.8) is 0 Å². The molecule has 0 radical (unpaired) electrons. The lowest BCUT2D eigenvalue weighted by atomic mass is 10.1. The predicted octanol–water partition coefficient (Wildman–Crippen LogP) is 7.72. The van der Waals surface area contributed by atoms with E-state index in [1.54, 1.807) is 36.5 Å². The van der Waals surface area contributed by atoms with Crippen LogP contribution < -0.4 is 15.5 Å². The lowest BCUT2D eigenvalue weighted by Crippen LogP contribution is -2.23. The van der Waals surface area contributed by atoms with Gasteiger partial charge in [-0.2, -0.15) is 13.2 Å². The molecule has 0 unspecified atom stereocenters. The van der Waals surface area contributed by atoms with E-state index >= 15 is 0 Å². The molecule has 0 aliphatic heterocycles. The van der Waals surface area contributed by atoms with Gasteiger partial charge in [0.2, 0.25) is 5.43 Å². The molecular weight excluding hydrogens is 576 g/mol. The van der Waals surface area contributed by atoms with Crippen LogP contribution in [0.5, 0.6) is 11.5 Å². The maximum absolute atomic E-state index is 15.0. The highest BCUT2D eigenvalue weighted by atomic mass is 35.5. The van der Waals surface area contributed by atoms with E-state index in [2.05, 4.69) is 15.3 Å². The summed E-state index contributed by atoms with van der Waals surface area (Å²) in [6.07, 6.45) is -0.240. The van der Waals surface area contributed by atoms with Crippen LogP contribution in [0, 0.1) is 5.82 Å². The number of benzene rings is 3. The molecule has 0 saturated heterocycles. The van der Waals surface area contributed by atoms with Gasteiger partial charge in [0.05, 0.1) is 27.2 Å². The summed E-state index contributed by atoms with van der Waals surface area (Å²) in [6, 6.07) is 16.1. The number of H-pyrrole nitrogens is 1. The number of aromatic amines is 1. The zero-order valence-corrected chi connectivity index (χ0v) is 21.9. The molecule has 0 aliphatic carbocycles. The Bertz CT molecular complexity index is 2070. The van der Waals surface area contributed by atoms with Crippen molar-refractivity contribution in [1.82, 2.24) is 14.5 Å².